The lowest BCUT2D eigenvalue weighted by Crippen LogP contribution is -2.25. The largest absolute Gasteiger partial charge is 0.296 e. The fourth-order valence-corrected chi connectivity index (χ4v) is 3.53. The Morgan fingerprint density at radius 1 is 0.913 bits per heavy atom. The van der Waals surface area contributed by atoms with Gasteiger partial charge in [0.25, 0.3) is 0 Å². The van der Waals surface area contributed by atoms with Crippen LogP contribution in [0.5, 0.6) is 0 Å². The Balaban J connectivity index is 1.56. The third kappa shape index (κ3) is 3.00. The number of hydroxylamine groups is 1. The van der Waals surface area contributed by atoms with Crippen molar-refractivity contribution < 1.29 is 4.84 Å². The summed E-state index contributed by atoms with van der Waals surface area (Å²) in [6.07, 6.45) is 3.49. The van der Waals surface area contributed by atoms with Gasteiger partial charge in [-0.3, -0.25) is 4.84 Å². The average molecular weight is 303 g/mol. The van der Waals surface area contributed by atoms with Gasteiger partial charge in [-0.1, -0.05) is 66.7 Å². The van der Waals surface area contributed by atoms with Crippen LogP contribution < -0.4 is 5.48 Å². The second-order valence-electron chi connectivity index (χ2n) is 6.20. The van der Waals surface area contributed by atoms with Crippen molar-refractivity contribution >= 4 is 10.8 Å². The number of hydrogen-bond acceptors (Lipinski definition) is 2. The van der Waals surface area contributed by atoms with E-state index in [4.69, 9.17) is 4.84 Å². The van der Waals surface area contributed by atoms with Crippen molar-refractivity contribution in [1.82, 2.24) is 5.48 Å². The summed E-state index contributed by atoms with van der Waals surface area (Å²) in [7, 11) is 0. The molecule has 23 heavy (non-hydrogen) atoms. The van der Waals surface area contributed by atoms with Crippen LogP contribution in [0.1, 0.15) is 35.6 Å². The van der Waals surface area contributed by atoms with Gasteiger partial charge in [-0.2, -0.15) is 5.48 Å². The van der Waals surface area contributed by atoms with E-state index in [0.29, 0.717) is 6.61 Å². The van der Waals surface area contributed by atoms with E-state index in [1.807, 2.05) is 18.2 Å². The van der Waals surface area contributed by atoms with Crippen molar-refractivity contribution in [3.8, 4) is 0 Å². The van der Waals surface area contributed by atoms with Crippen molar-refractivity contribution in [3.05, 3.63) is 83.4 Å². The summed E-state index contributed by atoms with van der Waals surface area (Å²) in [4.78, 5) is 5.81. The Bertz CT molecular complexity index is 797. The molecule has 1 aliphatic rings. The molecule has 4 rings (SSSR count). The molecule has 2 nitrogen and oxygen atoms in total. The zero-order valence-corrected chi connectivity index (χ0v) is 13.2. The molecule has 0 aromatic heterocycles. The molecule has 1 N–H and O–H groups in total. The van der Waals surface area contributed by atoms with Gasteiger partial charge < -0.3 is 0 Å². The molecule has 3 aromatic carbocycles. The Morgan fingerprint density at radius 2 is 1.74 bits per heavy atom. The zero-order chi connectivity index (χ0) is 15.5. The van der Waals surface area contributed by atoms with Gasteiger partial charge in [0.2, 0.25) is 0 Å². The summed E-state index contributed by atoms with van der Waals surface area (Å²) >= 11 is 0. The van der Waals surface area contributed by atoms with Crippen LogP contribution in [0.25, 0.3) is 10.8 Å². The molecular formula is C21H21NO. The molecule has 1 unspecified atom stereocenters. The lowest BCUT2D eigenvalue weighted by atomic mass is 9.84. The molecule has 0 saturated carbocycles. The second kappa shape index (κ2) is 6.53. The average Bonchev–Trinajstić information content (AvgIpc) is 2.62. The first-order valence-corrected chi connectivity index (χ1v) is 8.33. The van der Waals surface area contributed by atoms with Gasteiger partial charge in [0.1, 0.15) is 0 Å². The normalized spacial score (nSPS) is 17.1. The maximum Gasteiger partial charge on any atom is 0.0933 e. The highest BCUT2D eigenvalue weighted by molar-refractivity contribution is 5.87. The minimum Gasteiger partial charge on any atom is -0.296 e. The number of fused-ring (bicyclic) bond motifs is 3. The Kier molecular flexibility index (Phi) is 4.10. The monoisotopic (exact) mass is 303 g/mol. The van der Waals surface area contributed by atoms with E-state index in [1.165, 1.54) is 33.9 Å². The van der Waals surface area contributed by atoms with Crippen LogP contribution in [0.3, 0.4) is 0 Å². The Morgan fingerprint density at radius 3 is 2.65 bits per heavy atom. The van der Waals surface area contributed by atoms with Gasteiger partial charge in [0.05, 0.1) is 12.6 Å². The lowest BCUT2D eigenvalue weighted by Gasteiger charge is -2.27. The van der Waals surface area contributed by atoms with Crippen LogP contribution >= 0.6 is 0 Å². The SMILES string of the molecule is c1ccc(CONC2CCCc3ccc4ccccc4c32)cc1. The van der Waals surface area contributed by atoms with E-state index >= 15 is 0 Å². The molecule has 0 saturated heterocycles. The summed E-state index contributed by atoms with van der Waals surface area (Å²) in [5.41, 5.74) is 7.38. The van der Waals surface area contributed by atoms with Crippen LogP contribution in [-0.4, -0.2) is 0 Å². The molecule has 0 radical (unpaired) electrons. The third-order valence-corrected chi connectivity index (χ3v) is 4.66. The van der Waals surface area contributed by atoms with E-state index in [0.717, 1.165) is 12.8 Å². The summed E-state index contributed by atoms with van der Waals surface area (Å²) in [6.45, 7) is 0.595. The molecule has 1 atom stereocenters. The van der Waals surface area contributed by atoms with E-state index in [1.54, 1.807) is 0 Å². The molecule has 0 bridgehead atoms. The van der Waals surface area contributed by atoms with Crippen LogP contribution in [0.4, 0.5) is 0 Å². The van der Waals surface area contributed by atoms with Crippen molar-refractivity contribution in [2.45, 2.75) is 31.9 Å². The van der Waals surface area contributed by atoms with Crippen LogP contribution in [-0.2, 0) is 17.9 Å². The predicted octanol–water partition coefficient (Wildman–Crippen LogP) is 4.94. The maximum absolute atomic E-state index is 5.81. The maximum atomic E-state index is 5.81. The van der Waals surface area contributed by atoms with E-state index in [9.17, 15) is 0 Å². The molecule has 0 heterocycles. The zero-order valence-electron chi connectivity index (χ0n) is 13.2. The van der Waals surface area contributed by atoms with Gasteiger partial charge >= 0.3 is 0 Å². The predicted molar refractivity (Wildman–Crippen MR) is 94.0 cm³/mol. The molecule has 0 fully saturated rings. The van der Waals surface area contributed by atoms with Gasteiger partial charge in [0.15, 0.2) is 0 Å². The minimum absolute atomic E-state index is 0.272. The molecule has 0 aliphatic heterocycles. The molecule has 1 aliphatic carbocycles. The highest BCUT2D eigenvalue weighted by Gasteiger charge is 2.22. The first-order valence-electron chi connectivity index (χ1n) is 8.33. The van der Waals surface area contributed by atoms with Crippen LogP contribution in [0.15, 0.2) is 66.7 Å². The molecular weight excluding hydrogens is 282 g/mol. The number of hydrogen-bond donors (Lipinski definition) is 1. The Hall–Kier alpha value is -2.16. The smallest absolute Gasteiger partial charge is 0.0933 e. The molecule has 116 valence electrons. The molecule has 0 amide bonds. The van der Waals surface area contributed by atoms with Crippen LogP contribution in [0, 0.1) is 0 Å². The summed E-state index contributed by atoms with van der Waals surface area (Å²) in [6, 6.07) is 23.7. The quantitative estimate of drug-likeness (QED) is 0.689. The summed E-state index contributed by atoms with van der Waals surface area (Å²) < 4.78 is 0. The molecule has 2 heteroatoms. The fraction of sp³-hybridized carbons (Fsp3) is 0.238. The van der Waals surface area contributed by atoms with E-state index in [2.05, 4.69) is 54.0 Å². The summed E-state index contributed by atoms with van der Waals surface area (Å²) in [5, 5.41) is 2.66. The van der Waals surface area contributed by atoms with Crippen molar-refractivity contribution in [2.24, 2.45) is 0 Å². The second-order valence-corrected chi connectivity index (χ2v) is 6.20. The Labute approximate surface area is 137 Å². The van der Waals surface area contributed by atoms with Crippen molar-refractivity contribution in [1.29, 1.82) is 0 Å². The van der Waals surface area contributed by atoms with E-state index in [-0.39, 0.29) is 6.04 Å². The van der Waals surface area contributed by atoms with E-state index < -0.39 is 0 Å². The summed E-state index contributed by atoms with van der Waals surface area (Å²) in [5.74, 6) is 0. The fourth-order valence-electron chi connectivity index (χ4n) is 3.53. The van der Waals surface area contributed by atoms with Gasteiger partial charge in [-0.25, -0.2) is 0 Å². The van der Waals surface area contributed by atoms with Crippen molar-refractivity contribution in [2.75, 3.05) is 0 Å². The molecule has 3 aromatic rings. The first-order chi connectivity index (χ1) is 11.4. The standard InChI is InChI=1S/C21H21NO/c1-2-7-16(8-3-1)15-23-22-20-12-6-10-18-14-13-17-9-4-5-11-19(17)21(18)20/h1-5,7-9,11,13-14,20,22H,6,10,12,15H2. The lowest BCUT2D eigenvalue weighted by molar-refractivity contribution is -0.000526. The van der Waals surface area contributed by atoms with Gasteiger partial charge in [0, 0.05) is 0 Å². The van der Waals surface area contributed by atoms with Gasteiger partial charge in [-0.15, -0.1) is 0 Å². The molecule has 0 spiro atoms. The number of benzene rings is 3. The highest BCUT2D eigenvalue weighted by atomic mass is 16.6. The van der Waals surface area contributed by atoms with Crippen LogP contribution in [0.2, 0.25) is 0 Å². The van der Waals surface area contributed by atoms with Crippen molar-refractivity contribution in [3.63, 3.8) is 0 Å². The number of rotatable bonds is 4. The highest BCUT2D eigenvalue weighted by Crippen LogP contribution is 2.35. The third-order valence-electron chi connectivity index (χ3n) is 4.66. The topological polar surface area (TPSA) is 21.3 Å². The minimum atomic E-state index is 0.272. The first kappa shape index (κ1) is 14.4. The number of nitrogens with one attached hydrogen (secondary N) is 1. The van der Waals surface area contributed by atoms with Gasteiger partial charge in [-0.05, 0) is 46.7 Å². The number of aryl methyl sites for hydroxylation is 1.